The van der Waals surface area contributed by atoms with Gasteiger partial charge in [-0.2, -0.15) is 11.8 Å². The molecule has 0 N–H and O–H groups in total. The summed E-state index contributed by atoms with van der Waals surface area (Å²) >= 11 is 1.98. The fourth-order valence-corrected chi connectivity index (χ4v) is 3.72. The topological polar surface area (TPSA) is 35.5 Å². The molecule has 2 fully saturated rings. The number of carbonyl (C=O) groups is 1. The molecule has 2 heterocycles. The summed E-state index contributed by atoms with van der Waals surface area (Å²) in [5.41, 5.74) is -0.0116. The molecule has 0 saturated carbocycles. The van der Waals surface area contributed by atoms with Crippen molar-refractivity contribution in [2.75, 3.05) is 25.2 Å². The Morgan fingerprint density at radius 2 is 2.20 bits per heavy atom. The molecule has 0 bridgehead atoms. The first kappa shape index (κ1) is 11.3. The van der Waals surface area contributed by atoms with Crippen molar-refractivity contribution in [2.45, 2.75) is 31.3 Å². The second-order valence-corrected chi connectivity index (χ2v) is 5.58. The third kappa shape index (κ3) is 2.48. The lowest BCUT2D eigenvalue weighted by molar-refractivity contribution is -0.158. The van der Waals surface area contributed by atoms with Crippen LogP contribution in [0.5, 0.6) is 0 Å². The van der Waals surface area contributed by atoms with Crippen LogP contribution in [0.2, 0.25) is 0 Å². The molecule has 2 aliphatic rings. The van der Waals surface area contributed by atoms with E-state index in [4.69, 9.17) is 9.47 Å². The summed E-state index contributed by atoms with van der Waals surface area (Å²) in [7, 11) is 1.47. The fraction of sp³-hybridized carbons (Fsp3) is 0.909. The molecular weight excluding hydrogens is 212 g/mol. The van der Waals surface area contributed by atoms with Gasteiger partial charge in [0, 0.05) is 6.61 Å². The average Bonchev–Trinajstić information content (AvgIpc) is 2.29. The van der Waals surface area contributed by atoms with Crippen molar-refractivity contribution in [1.29, 1.82) is 0 Å². The van der Waals surface area contributed by atoms with Crippen molar-refractivity contribution in [1.82, 2.24) is 0 Å². The van der Waals surface area contributed by atoms with E-state index >= 15 is 0 Å². The van der Waals surface area contributed by atoms with Gasteiger partial charge in [-0.05, 0) is 37.2 Å². The van der Waals surface area contributed by atoms with Gasteiger partial charge in [-0.1, -0.05) is 0 Å². The summed E-state index contributed by atoms with van der Waals surface area (Å²) in [6, 6.07) is 0. The molecule has 0 aliphatic carbocycles. The van der Waals surface area contributed by atoms with E-state index in [9.17, 15) is 4.79 Å². The van der Waals surface area contributed by atoms with Crippen molar-refractivity contribution in [3.8, 4) is 0 Å². The van der Waals surface area contributed by atoms with Crippen LogP contribution in [-0.2, 0) is 14.3 Å². The Bertz CT molecular complexity index is 230. The highest BCUT2D eigenvalue weighted by Crippen LogP contribution is 2.39. The van der Waals surface area contributed by atoms with Gasteiger partial charge in [-0.15, -0.1) is 0 Å². The van der Waals surface area contributed by atoms with Crippen LogP contribution >= 0.6 is 11.8 Å². The molecule has 0 aromatic heterocycles. The molecule has 86 valence electrons. The van der Waals surface area contributed by atoms with Gasteiger partial charge in [0.2, 0.25) is 0 Å². The molecule has 0 aromatic rings. The summed E-state index contributed by atoms with van der Waals surface area (Å²) in [4.78, 5) is 11.5. The Balaban J connectivity index is 1.99. The molecule has 4 heteroatoms. The highest BCUT2D eigenvalue weighted by Gasteiger charge is 2.41. The predicted molar refractivity (Wildman–Crippen MR) is 60.0 cm³/mol. The first-order valence-electron chi connectivity index (χ1n) is 5.55. The van der Waals surface area contributed by atoms with Gasteiger partial charge in [0.25, 0.3) is 0 Å². The van der Waals surface area contributed by atoms with Gasteiger partial charge in [0.1, 0.15) is 0 Å². The number of thioether (sulfide) groups is 1. The van der Waals surface area contributed by atoms with Crippen molar-refractivity contribution >= 4 is 17.7 Å². The van der Waals surface area contributed by atoms with E-state index < -0.39 is 0 Å². The Kier molecular flexibility index (Phi) is 3.57. The van der Waals surface area contributed by atoms with Gasteiger partial charge < -0.3 is 9.47 Å². The maximum atomic E-state index is 11.5. The minimum Gasteiger partial charge on any atom is -0.469 e. The largest absolute Gasteiger partial charge is 0.469 e. The van der Waals surface area contributed by atoms with Crippen molar-refractivity contribution in [2.24, 2.45) is 5.92 Å². The lowest BCUT2D eigenvalue weighted by atomic mass is 9.82. The van der Waals surface area contributed by atoms with Crippen LogP contribution in [0.25, 0.3) is 0 Å². The van der Waals surface area contributed by atoms with Crippen LogP contribution in [0.4, 0.5) is 0 Å². The Morgan fingerprint density at radius 1 is 1.47 bits per heavy atom. The van der Waals surface area contributed by atoms with Gasteiger partial charge in [0.15, 0.2) is 0 Å². The number of ether oxygens (including phenoxy) is 2. The summed E-state index contributed by atoms with van der Waals surface area (Å²) < 4.78 is 10.7. The highest BCUT2D eigenvalue weighted by atomic mass is 32.2. The molecule has 2 aliphatic heterocycles. The zero-order chi connectivity index (χ0) is 10.7. The molecule has 0 radical (unpaired) electrons. The first-order valence-corrected chi connectivity index (χ1v) is 6.71. The number of hydrogen-bond acceptors (Lipinski definition) is 4. The summed E-state index contributed by atoms with van der Waals surface area (Å²) in [5.74, 6) is 2.32. The zero-order valence-electron chi connectivity index (χ0n) is 9.16. The van der Waals surface area contributed by atoms with Crippen molar-refractivity contribution < 1.29 is 14.3 Å². The smallest absolute Gasteiger partial charge is 0.308 e. The van der Waals surface area contributed by atoms with E-state index in [2.05, 4.69) is 0 Å². The molecule has 3 nitrogen and oxygen atoms in total. The summed E-state index contributed by atoms with van der Waals surface area (Å²) in [6.45, 7) is 0.713. The quantitative estimate of drug-likeness (QED) is 0.644. The Morgan fingerprint density at radius 3 is 2.87 bits per heavy atom. The molecule has 1 spiro atoms. The molecule has 0 aromatic carbocycles. The SMILES string of the molecule is COC(=O)C1CCOC2(CCSCC2)C1. The van der Waals surface area contributed by atoms with E-state index in [0.717, 1.165) is 37.2 Å². The monoisotopic (exact) mass is 230 g/mol. The van der Waals surface area contributed by atoms with E-state index in [1.54, 1.807) is 0 Å². The van der Waals surface area contributed by atoms with Gasteiger partial charge in [0.05, 0.1) is 18.6 Å². The standard InChI is InChI=1S/C11H18O3S/c1-13-10(12)9-2-5-14-11(8-9)3-6-15-7-4-11/h9H,2-8H2,1H3. The lowest BCUT2D eigenvalue weighted by Gasteiger charge is -2.42. The second-order valence-electron chi connectivity index (χ2n) is 4.36. The van der Waals surface area contributed by atoms with Crippen molar-refractivity contribution in [3.05, 3.63) is 0 Å². The molecular formula is C11H18O3S. The fourth-order valence-electron chi connectivity index (χ4n) is 2.49. The highest BCUT2D eigenvalue weighted by molar-refractivity contribution is 7.99. The van der Waals surface area contributed by atoms with Crippen LogP contribution < -0.4 is 0 Å². The van der Waals surface area contributed by atoms with E-state index in [0.29, 0.717) is 6.61 Å². The number of methoxy groups -OCH3 is 1. The maximum Gasteiger partial charge on any atom is 0.308 e. The van der Waals surface area contributed by atoms with Crippen LogP contribution in [0.3, 0.4) is 0 Å². The number of carbonyl (C=O) groups excluding carboxylic acids is 1. The van der Waals surface area contributed by atoms with Crippen LogP contribution in [0, 0.1) is 5.92 Å². The lowest BCUT2D eigenvalue weighted by Crippen LogP contribution is -2.44. The minimum atomic E-state index is -0.0594. The Hall–Kier alpha value is -0.220. The van der Waals surface area contributed by atoms with Crippen LogP contribution in [-0.4, -0.2) is 36.8 Å². The summed E-state index contributed by atoms with van der Waals surface area (Å²) in [6.07, 6.45) is 3.86. The van der Waals surface area contributed by atoms with E-state index in [1.807, 2.05) is 11.8 Å². The average molecular weight is 230 g/mol. The second kappa shape index (κ2) is 4.74. The number of hydrogen-bond donors (Lipinski definition) is 0. The number of rotatable bonds is 1. The molecule has 1 unspecified atom stereocenters. The number of esters is 1. The molecule has 1 atom stereocenters. The van der Waals surface area contributed by atoms with Crippen LogP contribution in [0.15, 0.2) is 0 Å². The molecule has 2 rings (SSSR count). The van der Waals surface area contributed by atoms with Gasteiger partial charge in [-0.3, -0.25) is 4.79 Å². The minimum absolute atomic E-state index is 0.0116. The molecule has 15 heavy (non-hydrogen) atoms. The molecule has 0 amide bonds. The van der Waals surface area contributed by atoms with Gasteiger partial charge >= 0.3 is 5.97 Å². The molecule has 2 saturated heterocycles. The van der Waals surface area contributed by atoms with Gasteiger partial charge in [-0.25, -0.2) is 0 Å². The van der Waals surface area contributed by atoms with E-state index in [1.165, 1.54) is 7.11 Å². The third-order valence-corrected chi connectivity index (χ3v) is 4.42. The van der Waals surface area contributed by atoms with Crippen LogP contribution in [0.1, 0.15) is 25.7 Å². The Labute approximate surface area is 94.9 Å². The van der Waals surface area contributed by atoms with Crippen molar-refractivity contribution in [3.63, 3.8) is 0 Å². The summed E-state index contributed by atoms with van der Waals surface area (Å²) in [5, 5.41) is 0. The van der Waals surface area contributed by atoms with E-state index in [-0.39, 0.29) is 17.5 Å². The maximum absolute atomic E-state index is 11.5. The zero-order valence-corrected chi connectivity index (χ0v) is 9.98. The first-order chi connectivity index (χ1) is 7.26. The third-order valence-electron chi connectivity index (χ3n) is 3.43. The normalized spacial score (nSPS) is 30.1. The predicted octanol–water partition coefficient (Wildman–Crippen LogP) is 1.85.